The molecule has 1 aliphatic heterocycles. The van der Waals surface area contributed by atoms with Crippen molar-refractivity contribution >= 4 is 5.97 Å². The summed E-state index contributed by atoms with van der Waals surface area (Å²) in [4.78, 5) is 12.3. The highest BCUT2D eigenvalue weighted by Crippen LogP contribution is 2.44. The summed E-state index contributed by atoms with van der Waals surface area (Å²) in [6, 6.07) is 24.1. The van der Waals surface area contributed by atoms with Crippen LogP contribution in [0.15, 0.2) is 72.8 Å². The molecule has 0 saturated carbocycles. The predicted molar refractivity (Wildman–Crippen MR) is 120 cm³/mol. The number of benzene rings is 3. The second kappa shape index (κ2) is 8.94. The Morgan fingerprint density at radius 2 is 1.77 bits per heavy atom. The minimum Gasteiger partial charge on any atom is -0.490 e. The summed E-state index contributed by atoms with van der Waals surface area (Å²) >= 11 is 0. The molecule has 3 aromatic rings. The van der Waals surface area contributed by atoms with Crippen molar-refractivity contribution < 1.29 is 19.0 Å². The van der Waals surface area contributed by atoms with Gasteiger partial charge in [0.05, 0.1) is 18.8 Å². The van der Waals surface area contributed by atoms with Crippen molar-refractivity contribution in [1.82, 2.24) is 0 Å². The second-order valence-corrected chi connectivity index (χ2v) is 8.17. The minimum absolute atomic E-state index is 0.226. The molecule has 2 atom stereocenters. The van der Waals surface area contributed by atoms with Gasteiger partial charge in [-0.15, -0.1) is 0 Å². The number of aryl methyl sites for hydroxylation is 1. The summed E-state index contributed by atoms with van der Waals surface area (Å²) in [7, 11) is 0. The molecule has 0 amide bonds. The summed E-state index contributed by atoms with van der Waals surface area (Å²) in [5, 5.41) is 0. The van der Waals surface area contributed by atoms with Gasteiger partial charge in [-0.05, 0) is 60.1 Å². The number of carbonyl (C=O) groups is 1. The average molecular weight is 415 g/mol. The Hall–Kier alpha value is -3.11. The quantitative estimate of drug-likeness (QED) is 0.383. The number of ether oxygens (including phenoxy) is 3. The molecule has 0 radical (unpaired) electrons. The van der Waals surface area contributed by atoms with Crippen LogP contribution in [-0.4, -0.2) is 31.9 Å². The third-order valence-corrected chi connectivity index (χ3v) is 6.08. The van der Waals surface area contributed by atoms with Crippen LogP contribution in [0.5, 0.6) is 5.75 Å². The largest absolute Gasteiger partial charge is 0.490 e. The molecule has 1 aliphatic carbocycles. The Bertz CT molecular complexity index is 1060. The van der Waals surface area contributed by atoms with Crippen molar-refractivity contribution in [2.75, 3.05) is 19.8 Å². The van der Waals surface area contributed by atoms with Gasteiger partial charge in [0.2, 0.25) is 0 Å². The van der Waals surface area contributed by atoms with E-state index < -0.39 is 0 Å². The predicted octanol–water partition coefficient (Wildman–Crippen LogP) is 5.41. The lowest BCUT2D eigenvalue weighted by Gasteiger charge is -2.19. The van der Waals surface area contributed by atoms with Crippen LogP contribution in [0.4, 0.5) is 0 Å². The zero-order valence-electron chi connectivity index (χ0n) is 17.5. The minimum atomic E-state index is -0.260. The molecular weight excluding hydrogens is 388 g/mol. The van der Waals surface area contributed by atoms with Gasteiger partial charge in [0.1, 0.15) is 18.5 Å². The number of hydrogen-bond acceptors (Lipinski definition) is 4. The van der Waals surface area contributed by atoms with E-state index in [1.807, 2.05) is 18.2 Å². The van der Waals surface area contributed by atoms with Crippen LogP contribution in [0.2, 0.25) is 0 Å². The van der Waals surface area contributed by atoms with Gasteiger partial charge in [-0.1, -0.05) is 54.6 Å². The van der Waals surface area contributed by atoms with E-state index in [1.54, 1.807) is 12.1 Å². The Labute approximate surface area is 182 Å². The average Bonchev–Trinajstić information content (AvgIpc) is 3.66. The lowest BCUT2D eigenvalue weighted by Crippen LogP contribution is -2.10. The Morgan fingerprint density at radius 3 is 2.61 bits per heavy atom. The van der Waals surface area contributed by atoms with E-state index in [1.165, 1.54) is 22.3 Å². The molecule has 2 unspecified atom stereocenters. The number of fused-ring (bicyclic) bond motifs is 3. The Morgan fingerprint density at radius 1 is 0.968 bits per heavy atom. The van der Waals surface area contributed by atoms with Crippen LogP contribution < -0.4 is 4.74 Å². The molecule has 0 aromatic heterocycles. The smallest absolute Gasteiger partial charge is 0.338 e. The van der Waals surface area contributed by atoms with E-state index in [4.69, 9.17) is 14.2 Å². The number of epoxide rings is 1. The molecule has 0 bridgehead atoms. The first kappa shape index (κ1) is 19.8. The molecule has 4 nitrogen and oxygen atoms in total. The van der Waals surface area contributed by atoms with Crippen molar-refractivity contribution in [2.45, 2.75) is 31.3 Å². The van der Waals surface area contributed by atoms with Crippen LogP contribution >= 0.6 is 0 Å². The van der Waals surface area contributed by atoms with Crippen molar-refractivity contribution in [3.05, 3.63) is 89.5 Å². The fraction of sp³-hybridized carbons (Fsp3) is 0.296. The van der Waals surface area contributed by atoms with Gasteiger partial charge in [0.15, 0.2) is 0 Å². The van der Waals surface area contributed by atoms with E-state index in [2.05, 4.69) is 42.5 Å². The van der Waals surface area contributed by atoms with Crippen molar-refractivity contribution in [2.24, 2.45) is 0 Å². The van der Waals surface area contributed by atoms with Gasteiger partial charge in [-0.25, -0.2) is 4.79 Å². The van der Waals surface area contributed by atoms with Gasteiger partial charge in [0.25, 0.3) is 0 Å². The molecule has 1 fully saturated rings. The molecule has 1 heterocycles. The first-order valence-electron chi connectivity index (χ1n) is 11.0. The van der Waals surface area contributed by atoms with Crippen molar-refractivity contribution in [1.29, 1.82) is 0 Å². The van der Waals surface area contributed by atoms with Crippen LogP contribution in [0.1, 0.15) is 40.2 Å². The molecule has 4 heteroatoms. The summed E-state index contributed by atoms with van der Waals surface area (Å²) in [6.07, 6.45) is 3.01. The highest BCUT2D eigenvalue weighted by atomic mass is 16.6. The standard InChI is InChI=1S/C27H26O4/c28-27(21-7-2-1-3-8-21)29-16-15-19-13-14-20-9-6-12-25(31-18-22-17-30-22)26(20)24-11-5-4-10-23(19)24/h1-12,19,22H,13-18H2. The van der Waals surface area contributed by atoms with Crippen molar-refractivity contribution in [3.63, 3.8) is 0 Å². The number of rotatable bonds is 7. The van der Waals surface area contributed by atoms with Gasteiger partial charge in [-0.3, -0.25) is 0 Å². The topological polar surface area (TPSA) is 48.1 Å². The molecule has 158 valence electrons. The SMILES string of the molecule is O=C(OCCC1CCc2cccc(OCC3CO3)c2-c2ccccc21)c1ccccc1. The summed E-state index contributed by atoms with van der Waals surface area (Å²) in [5.41, 5.74) is 5.63. The molecule has 1 saturated heterocycles. The second-order valence-electron chi connectivity index (χ2n) is 8.17. The van der Waals surface area contributed by atoms with E-state index in [0.717, 1.165) is 31.6 Å². The van der Waals surface area contributed by atoms with E-state index in [-0.39, 0.29) is 12.1 Å². The first-order chi connectivity index (χ1) is 15.3. The Balaban J connectivity index is 1.34. The van der Waals surface area contributed by atoms with Gasteiger partial charge in [-0.2, -0.15) is 0 Å². The van der Waals surface area contributed by atoms with E-state index in [9.17, 15) is 4.79 Å². The number of hydrogen-bond donors (Lipinski definition) is 0. The van der Waals surface area contributed by atoms with Crippen LogP contribution in [-0.2, 0) is 15.9 Å². The summed E-state index contributed by atoms with van der Waals surface area (Å²) < 4.78 is 17.0. The maximum Gasteiger partial charge on any atom is 0.338 e. The molecule has 3 aromatic carbocycles. The van der Waals surface area contributed by atoms with Crippen LogP contribution in [0.3, 0.4) is 0 Å². The number of carbonyl (C=O) groups excluding carboxylic acids is 1. The maximum absolute atomic E-state index is 12.3. The van der Waals surface area contributed by atoms with Gasteiger partial charge < -0.3 is 14.2 Å². The van der Waals surface area contributed by atoms with Crippen LogP contribution in [0.25, 0.3) is 11.1 Å². The lowest BCUT2D eigenvalue weighted by atomic mass is 9.89. The fourth-order valence-electron chi connectivity index (χ4n) is 4.38. The van der Waals surface area contributed by atoms with Crippen LogP contribution in [0, 0.1) is 0 Å². The summed E-state index contributed by atoms with van der Waals surface area (Å²) in [6.45, 7) is 1.79. The molecular formula is C27H26O4. The van der Waals surface area contributed by atoms with E-state index >= 15 is 0 Å². The molecule has 0 N–H and O–H groups in total. The zero-order valence-corrected chi connectivity index (χ0v) is 17.5. The van der Waals surface area contributed by atoms with Crippen molar-refractivity contribution in [3.8, 4) is 16.9 Å². The fourth-order valence-corrected chi connectivity index (χ4v) is 4.38. The highest BCUT2D eigenvalue weighted by molar-refractivity contribution is 5.89. The highest BCUT2D eigenvalue weighted by Gasteiger charge is 2.27. The first-order valence-corrected chi connectivity index (χ1v) is 11.0. The molecule has 2 aliphatic rings. The lowest BCUT2D eigenvalue weighted by molar-refractivity contribution is 0.0492. The molecule has 0 spiro atoms. The molecule has 5 rings (SSSR count). The number of esters is 1. The monoisotopic (exact) mass is 414 g/mol. The van der Waals surface area contributed by atoms with E-state index in [0.29, 0.717) is 24.7 Å². The Kier molecular flexibility index (Phi) is 5.72. The zero-order chi connectivity index (χ0) is 21.0. The molecule has 31 heavy (non-hydrogen) atoms. The summed E-state index contributed by atoms with van der Waals surface area (Å²) in [5.74, 6) is 0.993. The van der Waals surface area contributed by atoms with Gasteiger partial charge >= 0.3 is 5.97 Å². The third-order valence-electron chi connectivity index (χ3n) is 6.08. The van der Waals surface area contributed by atoms with Gasteiger partial charge in [0, 0.05) is 5.56 Å². The maximum atomic E-state index is 12.3. The normalized spacial score (nSPS) is 19.0. The third kappa shape index (κ3) is 4.49.